The van der Waals surface area contributed by atoms with E-state index < -0.39 is 6.17 Å². The molecule has 0 bridgehead atoms. The molecule has 0 amide bonds. The van der Waals surface area contributed by atoms with Crippen LogP contribution in [0.5, 0.6) is 0 Å². The first-order chi connectivity index (χ1) is 5.74. The summed E-state index contributed by atoms with van der Waals surface area (Å²) in [6.07, 6.45) is -1.19. The Morgan fingerprint density at radius 3 is 2.50 bits per heavy atom. The van der Waals surface area contributed by atoms with Crippen LogP contribution in [-0.4, -0.2) is 6.61 Å². The summed E-state index contributed by atoms with van der Waals surface area (Å²) in [6.45, 7) is -0.137. The van der Waals surface area contributed by atoms with Gasteiger partial charge in [-0.05, 0) is 17.7 Å². The molecule has 2 N–H and O–H groups in total. The summed E-state index contributed by atoms with van der Waals surface area (Å²) in [4.78, 5) is 4.18. The maximum atomic E-state index is 13.0. The third-order valence-corrected chi connectivity index (χ3v) is 1.73. The monoisotopic (exact) mass is 189 g/mol. The lowest BCUT2D eigenvalue weighted by atomic mass is 10.1. The van der Waals surface area contributed by atoms with E-state index in [1.165, 1.54) is 0 Å². The molecule has 1 rings (SSSR count). The van der Waals surface area contributed by atoms with E-state index in [1.807, 2.05) is 0 Å². The highest BCUT2D eigenvalue weighted by molar-refractivity contribution is 6.30. The Bertz CT molecular complexity index is 239. The second-order valence-corrected chi connectivity index (χ2v) is 2.79. The van der Waals surface area contributed by atoms with Gasteiger partial charge in [0, 0.05) is 5.02 Å². The second kappa shape index (κ2) is 4.40. The Hall–Kier alpha value is -0.640. The molecule has 4 heteroatoms. The van der Waals surface area contributed by atoms with Gasteiger partial charge in [-0.2, -0.15) is 0 Å². The van der Waals surface area contributed by atoms with Crippen LogP contribution in [-0.2, 0) is 4.84 Å². The van der Waals surface area contributed by atoms with E-state index in [1.54, 1.807) is 24.3 Å². The molecule has 0 saturated heterocycles. The predicted octanol–water partition coefficient (Wildman–Crippen LogP) is 2.24. The number of alkyl halides is 1. The summed E-state index contributed by atoms with van der Waals surface area (Å²) in [7, 11) is 0. The second-order valence-electron chi connectivity index (χ2n) is 2.35. The van der Waals surface area contributed by atoms with Crippen LogP contribution in [0.15, 0.2) is 24.3 Å². The molecule has 2 nitrogen and oxygen atoms in total. The fourth-order valence-electron chi connectivity index (χ4n) is 0.852. The Balaban J connectivity index is 2.68. The fourth-order valence-corrected chi connectivity index (χ4v) is 0.978. The van der Waals surface area contributed by atoms with Crippen molar-refractivity contribution in [2.75, 3.05) is 6.61 Å². The molecular weight excluding hydrogens is 181 g/mol. The molecule has 0 radical (unpaired) electrons. The predicted molar refractivity (Wildman–Crippen MR) is 45.4 cm³/mol. The highest BCUT2D eigenvalue weighted by Crippen LogP contribution is 2.19. The van der Waals surface area contributed by atoms with Crippen LogP contribution in [0.25, 0.3) is 0 Å². The lowest BCUT2D eigenvalue weighted by molar-refractivity contribution is 0.0816. The first-order valence-corrected chi connectivity index (χ1v) is 3.83. The SMILES string of the molecule is NOCC(F)c1ccc(Cl)cc1. The topological polar surface area (TPSA) is 35.2 Å². The van der Waals surface area contributed by atoms with Crippen LogP contribution in [0.3, 0.4) is 0 Å². The molecule has 1 aromatic rings. The van der Waals surface area contributed by atoms with Crippen molar-refractivity contribution in [2.24, 2.45) is 5.90 Å². The molecule has 0 fully saturated rings. The average Bonchev–Trinajstić information content (AvgIpc) is 2.06. The average molecular weight is 190 g/mol. The maximum absolute atomic E-state index is 13.0. The standard InChI is InChI=1S/C8H9ClFNO/c9-7-3-1-6(2-4-7)8(10)5-12-11/h1-4,8H,5,11H2. The molecule has 0 saturated carbocycles. The molecule has 0 spiro atoms. The van der Waals surface area contributed by atoms with Crippen molar-refractivity contribution in [3.8, 4) is 0 Å². The smallest absolute Gasteiger partial charge is 0.150 e. The summed E-state index contributed by atoms with van der Waals surface area (Å²) in [6, 6.07) is 6.46. The van der Waals surface area contributed by atoms with Crippen LogP contribution in [0.4, 0.5) is 4.39 Å². The molecule has 1 unspecified atom stereocenters. The molecule has 0 heterocycles. The number of rotatable bonds is 3. The minimum absolute atomic E-state index is 0.137. The summed E-state index contributed by atoms with van der Waals surface area (Å²) in [5.74, 6) is 4.73. The molecule has 1 aromatic carbocycles. The first kappa shape index (κ1) is 9.45. The van der Waals surface area contributed by atoms with Gasteiger partial charge in [0.1, 0.15) is 6.61 Å². The lowest BCUT2D eigenvalue weighted by Crippen LogP contribution is -2.07. The van der Waals surface area contributed by atoms with Crippen LogP contribution in [0.2, 0.25) is 5.02 Å². The Morgan fingerprint density at radius 2 is 2.00 bits per heavy atom. The maximum Gasteiger partial charge on any atom is 0.150 e. The van der Waals surface area contributed by atoms with Gasteiger partial charge in [-0.25, -0.2) is 10.3 Å². The summed E-state index contributed by atoms with van der Waals surface area (Å²) in [5, 5.41) is 0.583. The van der Waals surface area contributed by atoms with Crippen molar-refractivity contribution in [3.05, 3.63) is 34.9 Å². The normalized spacial score (nSPS) is 12.9. The van der Waals surface area contributed by atoms with Gasteiger partial charge in [0.15, 0.2) is 6.17 Å². The fraction of sp³-hybridized carbons (Fsp3) is 0.250. The van der Waals surface area contributed by atoms with Gasteiger partial charge in [-0.15, -0.1) is 0 Å². The Labute approximate surface area is 75.0 Å². The quantitative estimate of drug-likeness (QED) is 0.741. The summed E-state index contributed by atoms with van der Waals surface area (Å²) < 4.78 is 13.0. The molecule has 0 aliphatic heterocycles. The van der Waals surface area contributed by atoms with Crippen LogP contribution >= 0.6 is 11.6 Å². The number of benzene rings is 1. The van der Waals surface area contributed by atoms with Crippen molar-refractivity contribution in [1.82, 2.24) is 0 Å². The zero-order valence-corrected chi connectivity index (χ0v) is 7.09. The molecule has 1 atom stereocenters. The first-order valence-electron chi connectivity index (χ1n) is 3.45. The lowest BCUT2D eigenvalue weighted by Gasteiger charge is -2.05. The van der Waals surface area contributed by atoms with Gasteiger partial charge in [0.2, 0.25) is 0 Å². The Kier molecular flexibility index (Phi) is 3.47. The molecule has 66 valence electrons. The molecule has 0 aromatic heterocycles. The van der Waals surface area contributed by atoms with Gasteiger partial charge < -0.3 is 4.84 Å². The van der Waals surface area contributed by atoms with E-state index in [2.05, 4.69) is 4.84 Å². The van der Waals surface area contributed by atoms with Crippen LogP contribution in [0, 0.1) is 0 Å². The van der Waals surface area contributed by atoms with Gasteiger partial charge in [0.25, 0.3) is 0 Å². The number of hydrogen-bond acceptors (Lipinski definition) is 2. The molecule has 0 aliphatic rings. The number of hydrogen-bond donors (Lipinski definition) is 1. The summed E-state index contributed by atoms with van der Waals surface area (Å²) in [5.41, 5.74) is 0.518. The van der Waals surface area contributed by atoms with Crippen molar-refractivity contribution < 1.29 is 9.23 Å². The Morgan fingerprint density at radius 1 is 1.42 bits per heavy atom. The van der Waals surface area contributed by atoms with Crippen molar-refractivity contribution >= 4 is 11.6 Å². The van der Waals surface area contributed by atoms with E-state index in [9.17, 15) is 4.39 Å². The van der Waals surface area contributed by atoms with Crippen molar-refractivity contribution in [3.63, 3.8) is 0 Å². The van der Waals surface area contributed by atoms with E-state index in [4.69, 9.17) is 17.5 Å². The number of halogens is 2. The van der Waals surface area contributed by atoms with E-state index >= 15 is 0 Å². The van der Waals surface area contributed by atoms with Gasteiger partial charge in [0.05, 0.1) is 0 Å². The number of nitrogens with two attached hydrogens (primary N) is 1. The zero-order valence-electron chi connectivity index (χ0n) is 6.34. The van der Waals surface area contributed by atoms with Gasteiger partial charge in [-0.1, -0.05) is 23.7 Å². The minimum atomic E-state index is -1.19. The third kappa shape index (κ3) is 2.44. The molecular formula is C8H9ClFNO. The van der Waals surface area contributed by atoms with E-state index in [0.717, 1.165) is 0 Å². The van der Waals surface area contributed by atoms with Crippen molar-refractivity contribution in [1.29, 1.82) is 0 Å². The minimum Gasteiger partial charge on any atom is -0.301 e. The van der Waals surface area contributed by atoms with E-state index in [0.29, 0.717) is 10.6 Å². The summed E-state index contributed by atoms with van der Waals surface area (Å²) >= 11 is 5.62. The van der Waals surface area contributed by atoms with Gasteiger partial charge >= 0.3 is 0 Å². The highest BCUT2D eigenvalue weighted by atomic mass is 35.5. The molecule has 0 aliphatic carbocycles. The highest BCUT2D eigenvalue weighted by Gasteiger charge is 2.08. The largest absolute Gasteiger partial charge is 0.301 e. The van der Waals surface area contributed by atoms with Crippen LogP contribution in [0.1, 0.15) is 11.7 Å². The van der Waals surface area contributed by atoms with Gasteiger partial charge in [-0.3, -0.25) is 0 Å². The third-order valence-electron chi connectivity index (χ3n) is 1.47. The zero-order chi connectivity index (χ0) is 8.97. The molecule has 12 heavy (non-hydrogen) atoms. The van der Waals surface area contributed by atoms with Crippen LogP contribution < -0.4 is 5.90 Å². The van der Waals surface area contributed by atoms with E-state index in [-0.39, 0.29) is 6.61 Å². The van der Waals surface area contributed by atoms with Crippen molar-refractivity contribution in [2.45, 2.75) is 6.17 Å².